The molecule has 0 unspecified atom stereocenters. The topological polar surface area (TPSA) is 29.5 Å². The van der Waals surface area contributed by atoms with E-state index in [0.29, 0.717) is 0 Å². The molecule has 0 aromatic carbocycles. The second-order valence-electron chi connectivity index (χ2n) is 3.39. The quantitative estimate of drug-likeness (QED) is 0.540. The van der Waals surface area contributed by atoms with Gasteiger partial charge in [-0.05, 0) is 20.8 Å². The summed E-state index contributed by atoms with van der Waals surface area (Å²) in [5, 5.41) is 0. The second kappa shape index (κ2) is 6.16. The van der Waals surface area contributed by atoms with Gasteiger partial charge >= 0.3 is 0 Å². The van der Waals surface area contributed by atoms with E-state index in [9.17, 15) is 4.79 Å². The third kappa shape index (κ3) is 26.5. The zero-order valence-electron chi connectivity index (χ0n) is 8.34. The molecule has 11 heavy (non-hydrogen) atoms. The summed E-state index contributed by atoms with van der Waals surface area (Å²) in [5.41, 5.74) is 0.0417. The molecule has 0 rings (SSSR count). The van der Waals surface area contributed by atoms with Crippen molar-refractivity contribution in [3.8, 4) is 0 Å². The van der Waals surface area contributed by atoms with Gasteiger partial charge in [0.15, 0.2) is 0 Å². The van der Waals surface area contributed by atoms with Gasteiger partial charge in [0, 0.05) is 21.2 Å². The van der Waals surface area contributed by atoms with E-state index in [1.54, 1.807) is 21.2 Å². The van der Waals surface area contributed by atoms with E-state index in [1.165, 1.54) is 4.90 Å². The number of rotatable bonds is 1. The van der Waals surface area contributed by atoms with Crippen LogP contribution in [-0.4, -0.2) is 38.1 Å². The first-order valence-corrected chi connectivity index (χ1v) is 3.50. The Morgan fingerprint density at radius 1 is 1.27 bits per heavy atom. The van der Waals surface area contributed by atoms with Crippen molar-refractivity contribution in [3.05, 3.63) is 0 Å². The summed E-state index contributed by atoms with van der Waals surface area (Å²) in [6.07, 6.45) is 0.750. The first-order valence-electron chi connectivity index (χ1n) is 3.50. The van der Waals surface area contributed by atoms with E-state index in [4.69, 9.17) is 4.74 Å². The Kier molecular flexibility index (Phi) is 7.31. The molecule has 1 amide bonds. The van der Waals surface area contributed by atoms with Crippen molar-refractivity contribution in [1.82, 2.24) is 4.90 Å². The number of hydrogen-bond donors (Lipinski definition) is 0. The summed E-state index contributed by atoms with van der Waals surface area (Å²) in [7, 11) is 5.08. The van der Waals surface area contributed by atoms with Crippen molar-refractivity contribution in [2.45, 2.75) is 26.4 Å². The maximum atomic E-state index is 9.43. The molecule has 0 aromatic heterocycles. The number of amides is 1. The first-order chi connectivity index (χ1) is 4.83. The van der Waals surface area contributed by atoms with E-state index < -0.39 is 0 Å². The van der Waals surface area contributed by atoms with Gasteiger partial charge in [-0.1, -0.05) is 0 Å². The molecule has 0 bridgehead atoms. The molecular weight excluding hydrogens is 142 g/mol. The molecule has 0 aliphatic rings. The lowest BCUT2D eigenvalue weighted by Gasteiger charge is -2.14. The van der Waals surface area contributed by atoms with Crippen LogP contribution in [0.15, 0.2) is 0 Å². The molecule has 0 saturated heterocycles. The van der Waals surface area contributed by atoms with Crippen LogP contribution < -0.4 is 0 Å². The molecular formula is C8H19NO2. The lowest BCUT2D eigenvalue weighted by molar-refractivity contribution is -0.115. The SMILES string of the molecule is CN(C)C=O.COC(C)(C)C. The molecule has 0 aliphatic heterocycles. The molecule has 0 fully saturated rings. The van der Waals surface area contributed by atoms with Gasteiger partial charge in [-0.15, -0.1) is 0 Å². The number of carbonyl (C=O) groups excluding carboxylic acids is 1. The summed E-state index contributed by atoms with van der Waals surface area (Å²) >= 11 is 0. The van der Waals surface area contributed by atoms with Gasteiger partial charge in [0.05, 0.1) is 5.60 Å². The molecule has 0 aliphatic carbocycles. The zero-order chi connectivity index (χ0) is 9.49. The fraction of sp³-hybridized carbons (Fsp3) is 0.875. The van der Waals surface area contributed by atoms with Crippen LogP contribution in [0.1, 0.15) is 20.8 Å². The van der Waals surface area contributed by atoms with Crippen LogP contribution in [-0.2, 0) is 9.53 Å². The second-order valence-corrected chi connectivity index (χ2v) is 3.39. The summed E-state index contributed by atoms with van der Waals surface area (Å²) < 4.78 is 4.94. The maximum absolute atomic E-state index is 9.43. The van der Waals surface area contributed by atoms with Crippen molar-refractivity contribution in [2.24, 2.45) is 0 Å². The zero-order valence-corrected chi connectivity index (χ0v) is 8.34. The Hall–Kier alpha value is -0.570. The Morgan fingerprint density at radius 3 is 1.45 bits per heavy atom. The fourth-order valence-electron chi connectivity index (χ4n) is 0. The standard InChI is InChI=1S/C5H12O.C3H7NO/c1-5(2,3)6-4;1-4(2)3-5/h1-4H3;3H,1-2H3. The normalized spacial score (nSPS) is 9.64. The number of ether oxygens (including phenoxy) is 1. The third-order valence-corrected chi connectivity index (χ3v) is 0.823. The molecule has 0 aromatic rings. The monoisotopic (exact) mass is 161 g/mol. The van der Waals surface area contributed by atoms with Gasteiger partial charge in [0.25, 0.3) is 0 Å². The van der Waals surface area contributed by atoms with Crippen LogP contribution >= 0.6 is 0 Å². The van der Waals surface area contributed by atoms with Crippen molar-refractivity contribution in [1.29, 1.82) is 0 Å². The van der Waals surface area contributed by atoms with Gasteiger partial charge in [-0.2, -0.15) is 0 Å². The molecule has 3 heteroatoms. The Balaban J connectivity index is 0. The van der Waals surface area contributed by atoms with E-state index >= 15 is 0 Å². The number of nitrogens with zero attached hydrogens (tertiary/aromatic N) is 1. The largest absolute Gasteiger partial charge is 0.379 e. The van der Waals surface area contributed by atoms with Gasteiger partial charge in [-0.3, -0.25) is 4.79 Å². The van der Waals surface area contributed by atoms with Crippen LogP contribution in [0.2, 0.25) is 0 Å². The van der Waals surface area contributed by atoms with Crippen molar-refractivity contribution in [3.63, 3.8) is 0 Å². The average Bonchev–Trinajstić information content (AvgIpc) is 1.88. The number of carbonyl (C=O) groups is 1. The molecule has 3 nitrogen and oxygen atoms in total. The summed E-state index contributed by atoms with van der Waals surface area (Å²) in [6, 6.07) is 0. The van der Waals surface area contributed by atoms with Crippen molar-refractivity contribution >= 4 is 6.41 Å². The van der Waals surface area contributed by atoms with Crippen LogP contribution in [0.4, 0.5) is 0 Å². The van der Waals surface area contributed by atoms with Crippen molar-refractivity contribution in [2.75, 3.05) is 21.2 Å². The molecule has 0 radical (unpaired) electrons. The van der Waals surface area contributed by atoms with E-state index in [0.717, 1.165) is 6.41 Å². The average molecular weight is 161 g/mol. The molecule has 0 atom stereocenters. The lowest BCUT2D eigenvalue weighted by atomic mass is 10.2. The lowest BCUT2D eigenvalue weighted by Crippen LogP contribution is -2.15. The fourth-order valence-corrected chi connectivity index (χ4v) is 0. The summed E-state index contributed by atoms with van der Waals surface area (Å²) in [6.45, 7) is 6.06. The molecule has 0 saturated carbocycles. The van der Waals surface area contributed by atoms with Crippen LogP contribution in [0.5, 0.6) is 0 Å². The van der Waals surface area contributed by atoms with Crippen molar-refractivity contribution < 1.29 is 9.53 Å². The third-order valence-electron chi connectivity index (χ3n) is 0.823. The van der Waals surface area contributed by atoms with Gasteiger partial charge in [0.2, 0.25) is 6.41 Å². The summed E-state index contributed by atoms with van der Waals surface area (Å²) in [4.78, 5) is 10.9. The van der Waals surface area contributed by atoms with Crippen LogP contribution in [0.3, 0.4) is 0 Å². The molecule has 0 heterocycles. The Bertz CT molecular complexity index is 94.8. The van der Waals surface area contributed by atoms with Crippen LogP contribution in [0, 0.1) is 0 Å². The van der Waals surface area contributed by atoms with E-state index in [2.05, 4.69) is 0 Å². The van der Waals surface area contributed by atoms with Gasteiger partial charge in [-0.25, -0.2) is 0 Å². The minimum atomic E-state index is 0.0417. The van der Waals surface area contributed by atoms with Gasteiger partial charge in [0.1, 0.15) is 0 Å². The van der Waals surface area contributed by atoms with Crippen LogP contribution in [0.25, 0.3) is 0 Å². The highest BCUT2D eigenvalue weighted by Crippen LogP contribution is 2.02. The minimum Gasteiger partial charge on any atom is -0.379 e. The Morgan fingerprint density at radius 2 is 1.45 bits per heavy atom. The first kappa shape index (κ1) is 13.1. The highest BCUT2D eigenvalue weighted by Gasteiger charge is 2.03. The molecule has 0 spiro atoms. The highest BCUT2D eigenvalue weighted by molar-refractivity contribution is 5.45. The summed E-state index contributed by atoms with van der Waals surface area (Å²) in [5.74, 6) is 0. The predicted molar refractivity (Wildman–Crippen MR) is 46.5 cm³/mol. The number of methoxy groups -OCH3 is 1. The predicted octanol–water partition coefficient (Wildman–Crippen LogP) is 1.14. The maximum Gasteiger partial charge on any atom is 0.209 e. The highest BCUT2D eigenvalue weighted by atomic mass is 16.5. The Labute approximate surface area is 69.3 Å². The molecule has 68 valence electrons. The smallest absolute Gasteiger partial charge is 0.209 e. The minimum absolute atomic E-state index is 0.0417. The van der Waals surface area contributed by atoms with E-state index in [-0.39, 0.29) is 5.60 Å². The van der Waals surface area contributed by atoms with Gasteiger partial charge < -0.3 is 9.64 Å². The number of hydrogen-bond acceptors (Lipinski definition) is 2. The molecule has 0 N–H and O–H groups in total. The van der Waals surface area contributed by atoms with E-state index in [1.807, 2.05) is 20.8 Å².